The van der Waals surface area contributed by atoms with Crippen LogP contribution in [0.4, 0.5) is 0 Å². The number of benzene rings is 2. The molecule has 97 valence electrons. The number of hydrazine groups is 1. The van der Waals surface area contributed by atoms with Gasteiger partial charge in [-0.15, -0.1) is 0 Å². The summed E-state index contributed by atoms with van der Waals surface area (Å²) in [6.07, 6.45) is 1.58. The van der Waals surface area contributed by atoms with Crippen molar-refractivity contribution in [3.8, 4) is 11.1 Å². The Morgan fingerprint density at radius 3 is 2.11 bits per heavy atom. The highest BCUT2D eigenvalue weighted by Crippen LogP contribution is 2.19. The largest absolute Gasteiger partial charge is 0.289 e. The molecular formula is C16H17N2O. The van der Waals surface area contributed by atoms with E-state index in [0.717, 1.165) is 11.1 Å². The minimum atomic E-state index is -0.127. The molecule has 0 aliphatic heterocycles. The van der Waals surface area contributed by atoms with Crippen LogP contribution < -0.4 is 5.43 Å². The predicted molar refractivity (Wildman–Crippen MR) is 77.1 cm³/mol. The van der Waals surface area contributed by atoms with E-state index >= 15 is 0 Å². The molecule has 0 aromatic heterocycles. The molecule has 2 aromatic carbocycles. The first-order valence-electron chi connectivity index (χ1n) is 6.13. The van der Waals surface area contributed by atoms with Gasteiger partial charge in [-0.2, -0.15) is 0 Å². The van der Waals surface area contributed by atoms with E-state index in [1.165, 1.54) is 5.56 Å². The third-order valence-electron chi connectivity index (χ3n) is 2.65. The second-order valence-corrected chi connectivity index (χ2v) is 4.50. The van der Waals surface area contributed by atoms with Gasteiger partial charge in [-0.3, -0.25) is 10.2 Å². The Bertz CT molecular complexity index is 532. The SMILES string of the molecule is CN(C)NC(=O)[CH]c1ccc(-c2ccccc2)cc1. The van der Waals surface area contributed by atoms with E-state index in [9.17, 15) is 4.79 Å². The summed E-state index contributed by atoms with van der Waals surface area (Å²) in [6.45, 7) is 0. The molecule has 2 aromatic rings. The molecule has 3 nitrogen and oxygen atoms in total. The van der Waals surface area contributed by atoms with Gasteiger partial charge < -0.3 is 0 Å². The molecule has 0 saturated heterocycles. The molecule has 0 fully saturated rings. The number of hydrogen-bond acceptors (Lipinski definition) is 2. The van der Waals surface area contributed by atoms with Crippen LogP contribution in [0.15, 0.2) is 54.6 Å². The van der Waals surface area contributed by atoms with Gasteiger partial charge in [-0.05, 0) is 16.7 Å². The van der Waals surface area contributed by atoms with Crippen LogP contribution in [0.25, 0.3) is 11.1 Å². The zero-order valence-electron chi connectivity index (χ0n) is 11.1. The molecule has 1 N–H and O–H groups in total. The third-order valence-corrected chi connectivity index (χ3v) is 2.65. The number of carbonyl (C=O) groups is 1. The van der Waals surface area contributed by atoms with Gasteiger partial charge in [0.25, 0.3) is 0 Å². The number of nitrogens with one attached hydrogen (secondary N) is 1. The molecule has 1 amide bonds. The highest BCUT2D eigenvalue weighted by atomic mass is 16.2. The molecule has 0 spiro atoms. The molecule has 0 unspecified atom stereocenters. The number of carbonyl (C=O) groups excluding carboxylic acids is 1. The van der Waals surface area contributed by atoms with Crippen molar-refractivity contribution < 1.29 is 4.79 Å². The van der Waals surface area contributed by atoms with Crippen LogP contribution in [-0.4, -0.2) is 25.0 Å². The van der Waals surface area contributed by atoms with E-state index in [1.54, 1.807) is 25.5 Å². The Labute approximate surface area is 113 Å². The van der Waals surface area contributed by atoms with Gasteiger partial charge in [0, 0.05) is 14.1 Å². The molecule has 2 rings (SSSR count). The first kappa shape index (κ1) is 13.3. The lowest BCUT2D eigenvalue weighted by Gasteiger charge is -2.11. The van der Waals surface area contributed by atoms with Gasteiger partial charge in [-0.1, -0.05) is 54.6 Å². The highest BCUT2D eigenvalue weighted by molar-refractivity contribution is 5.88. The maximum absolute atomic E-state index is 11.6. The van der Waals surface area contributed by atoms with Gasteiger partial charge in [0.1, 0.15) is 0 Å². The molecule has 0 aliphatic rings. The molecule has 0 saturated carbocycles. The monoisotopic (exact) mass is 253 g/mol. The van der Waals surface area contributed by atoms with Crippen molar-refractivity contribution in [2.24, 2.45) is 0 Å². The summed E-state index contributed by atoms with van der Waals surface area (Å²) in [5.74, 6) is -0.127. The van der Waals surface area contributed by atoms with Crippen LogP contribution >= 0.6 is 0 Å². The van der Waals surface area contributed by atoms with Crippen molar-refractivity contribution in [1.29, 1.82) is 0 Å². The summed E-state index contributed by atoms with van der Waals surface area (Å²) in [6, 6.07) is 18.1. The van der Waals surface area contributed by atoms with Crippen LogP contribution in [-0.2, 0) is 4.79 Å². The van der Waals surface area contributed by atoms with Gasteiger partial charge in [0.2, 0.25) is 5.91 Å². The van der Waals surface area contributed by atoms with Crippen molar-refractivity contribution in [1.82, 2.24) is 10.4 Å². The Balaban J connectivity index is 2.05. The molecule has 3 heteroatoms. The molecule has 19 heavy (non-hydrogen) atoms. The van der Waals surface area contributed by atoms with Crippen LogP contribution in [0.3, 0.4) is 0 Å². The van der Waals surface area contributed by atoms with Gasteiger partial charge in [-0.25, -0.2) is 5.01 Å². The van der Waals surface area contributed by atoms with Gasteiger partial charge >= 0.3 is 0 Å². The Kier molecular flexibility index (Phi) is 4.31. The highest BCUT2D eigenvalue weighted by Gasteiger charge is 2.05. The third kappa shape index (κ3) is 3.93. The first-order chi connectivity index (χ1) is 9.15. The summed E-state index contributed by atoms with van der Waals surface area (Å²) in [7, 11) is 3.56. The van der Waals surface area contributed by atoms with Crippen molar-refractivity contribution in [2.75, 3.05) is 14.1 Å². The Hall–Kier alpha value is -2.13. The summed E-state index contributed by atoms with van der Waals surface area (Å²) in [5, 5.41) is 1.62. The number of amides is 1. The quantitative estimate of drug-likeness (QED) is 0.849. The molecule has 1 radical (unpaired) electrons. The number of rotatable bonds is 4. The maximum atomic E-state index is 11.6. The topological polar surface area (TPSA) is 32.3 Å². The minimum absolute atomic E-state index is 0.127. The fourth-order valence-corrected chi connectivity index (χ4v) is 1.81. The summed E-state index contributed by atoms with van der Waals surface area (Å²) in [4.78, 5) is 11.6. The van der Waals surface area contributed by atoms with E-state index in [-0.39, 0.29) is 5.91 Å². The molecule has 0 atom stereocenters. The molecular weight excluding hydrogens is 236 g/mol. The summed E-state index contributed by atoms with van der Waals surface area (Å²) >= 11 is 0. The van der Waals surface area contributed by atoms with Crippen LogP contribution in [0.2, 0.25) is 0 Å². The number of nitrogens with zero attached hydrogens (tertiary/aromatic N) is 1. The fraction of sp³-hybridized carbons (Fsp3) is 0.125. The van der Waals surface area contributed by atoms with E-state index < -0.39 is 0 Å². The normalized spacial score (nSPS) is 10.5. The van der Waals surface area contributed by atoms with Crippen molar-refractivity contribution in [3.05, 3.63) is 66.6 Å². The average Bonchev–Trinajstić information content (AvgIpc) is 2.39. The summed E-state index contributed by atoms with van der Waals surface area (Å²) < 4.78 is 0. The lowest BCUT2D eigenvalue weighted by molar-refractivity contribution is -0.121. The van der Waals surface area contributed by atoms with Crippen molar-refractivity contribution in [3.63, 3.8) is 0 Å². The Morgan fingerprint density at radius 2 is 1.53 bits per heavy atom. The predicted octanol–water partition coefficient (Wildman–Crippen LogP) is 2.50. The lowest BCUT2D eigenvalue weighted by Crippen LogP contribution is -2.36. The zero-order valence-corrected chi connectivity index (χ0v) is 11.1. The minimum Gasteiger partial charge on any atom is -0.289 e. The second kappa shape index (κ2) is 6.16. The summed E-state index contributed by atoms with van der Waals surface area (Å²) in [5.41, 5.74) is 5.88. The lowest BCUT2D eigenvalue weighted by atomic mass is 10.0. The first-order valence-corrected chi connectivity index (χ1v) is 6.13. The van der Waals surface area contributed by atoms with Crippen LogP contribution in [0, 0.1) is 6.42 Å². The van der Waals surface area contributed by atoms with E-state index in [4.69, 9.17) is 0 Å². The van der Waals surface area contributed by atoms with Gasteiger partial charge in [0.05, 0.1) is 6.42 Å². The van der Waals surface area contributed by atoms with Crippen LogP contribution in [0.1, 0.15) is 5.56 Å². The standard InChI is InChI=1S/C16H17N2O/c1-18(2)17-16(19)12-13-8-10-15(11-9-13)14-6-4-3-5-7-14/h3-12H,1-2H3,(H,17,19). The zero-order chi connectivity index (χ0) is 13.7. The van der Waals surface area contributed by atoms with Gasteiger partial charge in [0.15, 0.2) is 0 Å². The van der Waals surface area contributed by atoms with Crippen LogP contribution in [0.5, 0.6) is 0 Å². The average molecular weight is 253 g/mol. The molecule has 0 bridgehead atoms. The smallest absolute Gasteiger partial charge is 0.242 e. The Morgan fingerprint density at radius 1 is 0.947 bits per heavy atom. The van der Waals surface area contributed by atoms with E-state index in [1.807, 2.05) is 42.5 Å². The van der Waals surface area contributed by atoms with E-state index in [2.05, 4.69) is 17.6 Å². The van der Waals surface area contributed by atoms with Crippen molar-refractivity contribution >= 4 is 5.91 Å². The van der Waals surface area contributed by atoms with Crippen molar-refractivity contribution in [2.45, 2.75) is 0 Å². The molecule has 0 aliphatic carbocycles. The number of hydrogen-bond donors (Lipinski definition) is 1. The maximum Gasteiger partial charge on any atom is 0.242 e. The molecule has 0 heterocycles. The fourth-order valence-electron chi connectivity index (χ4n) is 1.81. The second-order valence-electron chi connectivity index (χ2n) is 4.50. The van der Waals surface area contributed by atoms with E-state index in [0.29, 0.717) is 0 Å².